The molecule has 0 bridgehead atoms. The summed E-state index contributed by atoms with van der Waals surface area (Å²) in [6.45, 7) is 2.65. The Balaban J connectivity index is 1.91. The largest absolute Gasteiger partial charge is 0.493 e. The fourth-order valence-corrected chi connectivity index (χ4v) is 3.08. The maximum atomic E-state index is 9.55. The van der Waals surface area contributed by atoms with Gasteiger partial charge in [0.15, 0.2) is 11.5 Å². The van der Waals surface area contributed by atoms with E-state index in [2.05, 4.69) is 30.3 Å². The van der Waals surface area contributed by atoms with Crippen LogP contribution < -0.4 is 15.2 Å². The lowest BCUT2D eigenvalue weighted by Crippen LogP contribution is -2.43. The number of aliphatic hydroxyl groups is 1. The first-order chi connectivity index (χ1) is 13.1. The Hall–Kier alpha value is -2.04. The van der Waals surface area contributed by atoms with Crippen molar-refractivity contribution in [2.24, 2.45) is 5.73 Å². The van der Waals surface area contributed by atoms with Gasteiger partial charge in [0, 0.05) is 5.54 Å². The summed E-state index contributed by atoms with van der Waals surface area (Å²) in [7, 11) is 1.66. The van der Waals surface area contributed by atoms with Crippen molar-refractivity contribution < 1.29 is 14.6 Å². The van der Waals surface area contributed by atoms with Crippen molar-refractivity contribution >= 4 is 0 Å². The second-order valence-corrected chi connectivity index (χ2v) is 7.11. The van der Waals surface area contributed by atoms with Gasteiger partial charge in [-0.05, 0) is 55.7 Å². The van der Waals surface area contributed by atoms with Gasteiger partial charge in [-0.1, -0.05) is 49.4 Å². The van der Waals surface area contributed by atoms with Crippen LogP contribution in [-0.2, 0) is 12.8 Å². The molecule has 2 aromatic carbocycles. The molecule has 0 radical (unpaired) electrons. The summed E-state index contributed by atoms with van der Waals surface area (Å²) in [6, 6.07) is 16.5. The van der Waals surface area contributed by atoms with Gasteiger partial charge >= 0.3 is 0 Å². The molecule has 3 N–H and O–H groups in total. The highest BCUT2D eigenvalue weighted by atomic mass is 16.5. The maximum Gasteiger partial charge on any atom is 0.164 e. The molecule has 4 nitrogen and oxygen atoms in total. The highest BCUT2D eigenvalue weighted by Crippen LogP contribution is 2.33. The van der Waals surface area contributed by atoms with Gasteiger partial charge in [0.1, 0.15) is 0 Å². The molecule has 27 heavy (non-hydrogen) atoms. The van der Waals surface area contributed by atoms with Crippen LogP contribution in [-0.4, -0.2) is 31.0 Å². The zero-order chi connectivity index (χ0) is 19.5. The van der Waals surface area contributed by atoms with E-state index in [0.717, 1.165) is 49.2 Å². The molecule has 0 spiro atoms. The number of aryl methyl sites for hydroxylation is 2. The topological polar surface area (TPSA) is 64.7 Å². The van der Waals surface area contributed by atoms with E-state index in [9.17, 15) is 5.11 Å². The molecule has 1 unspecified atom stereocenters. The van der Waals surface area contributed by atoms with Crippen molar-refractivity contribution in [3.05, 3.63) is 59.7 Å². The average Bonchev–Trinajstić information content (AvgIpc) is 2.72. The molecule has 4 heteroatoms. The van der Waals surface area contributed by atoms with E-state index in [1.54, 1.807) is 7.11 Å². The molecule has 0 fully saturated rings. The van der Waals surface area contributed by atoms with Crippen molar-refractivity contribution in [1.29, 1.82) is 0 Å². The molecule has 0 aliphatic carbocycles. The van der Waals surface area contributed by atoms with Crippen LogP contribution in [0.5, 0.6) is 11.5 Å². The summed E-state index contributed by atoms with van der Waals surface area (Å²) in [5, 5.41) is 9.55. The highest BCUT2D eigenvalue weighted by Gasteiger charge is 2.22. The van der Waals surface area contributed by atoms with Crippen molar-refractivity contribution in [3.63, 3.8) is 0 Å². The Kier molecular flexibility index (Phi) is 8.62. The predicted octanol–water partition coefficient (Wildman–Crippen LogP) is 4.13. The highest BCUT2D eigenvalue weighted by molar-refractivity contribution is 5.46. The molecule has 0 saturated heterocycles. The van der Waals surface area contributed by atoms with E-state index < -0.39 is 5.54 Å². The summed E-state index contributed by atoms with van der Waals surface area (Å²) >= 11 is 0. The van der Waals surface area contributed by atoms with Crippen LogP contribution in [0.25, 0.3) is 0 Å². The first-order valence-electron chi connectivity index (χ1n) is 9.84. The van der Waals surface area contributed by atoms with Crippen LogP contribution in [0.4, 0.5) is 0 Å². The minimum Gasteiger partial charge on any atom is -0.493 e. The van der Waals surface area contributed by atoms with E-state index >= 15 is 0 Å². The third kappa shape index (κ3) is 6.56. The Labute approximate surface area is 163 Å². The Bertz CT molecular complexity index is 669. The Morgan fingerprint density at radius 1 is 1.00 bits per heavy atom. The molecule has 1 atom stereocenters. The van der Waals surface area contributed by atoms with Gasteiger partial charge in [-0.3, -0.25) is 0 Å². The van der Waals surface area contributed by atoms with Gasteiger partial charge < -0.3 is 20.3 Å². The second kappa shape index (κ2) is 11.0. The number of aliphatic hydroxyl groups excluding tert-OH is 1. The van der Waals surface area contributed by atoms with E-state index in [0.29, 0.717) is 13.0 Å². The molecule has 0 aliphatic rings. The zero-order valence-corrected chi connectivity index (χ0v) is 16.6. The lowest BCUT2D eigenvalue weighted by molar-refractivity contribution is 0.182. The minimum absolute atomic E-state index is 0.0108. The van der Waals surface area contributed by atoms with Crippen molar-refractivity contribution in [2.75, 3.05) is 20.3 Å². The maximum absolute atomic E-state index is 9.55. The second-order valence-electron chi connectivity index (χ2n) is 7.11. The predicted molar refractivity (Wildman–Crippen MR) is 110 cm³/mol. The van der Waals surface area contributed by atoms with Crippen LogP contribution in [0.2, 0.25) is 0 Å². The zero-order valence-electron chi connectivity index (χ0n) is 16.6. The lowest BCUT2D eigenvalue weighted by atomic mass is 9.90. The molecular formula is C23H33NO3. The number of benzene rings is 2. The van der Waals surface area contributed by atoms with Gasteiger partial charge in [0.25, 0.3) is 0 Å². The Morgan fingerprint density at radius 2 is 1.78 bits per heavy atom. The van der Waals surface area contributed by atoms with E-state index in [1.807, 2.05) is 25.1 Å². The quantitative estimate of drug-likeness (QED) is 0.551. The average molecular weight is 372 g/mol. The standard InChI is InChI=1S/C23H33NO3/c1-3-23(24,18-25)16-15-20-13-9-14-21(26-2)22(20)27-17-8-7-12-19-10-5-4-6-11-19/h4-6,9-11,13-14,25H,3,7-8,12,15-18,24H2,1-2H3. The van der Waals surface area contributed by atoms with Gasteiger partial charge in [-0.15, -0.1) is 0 Å². The molecular weight excluding hydrogens is 338 g/mol. The molecule has 0 heterocycles. The summed E-state index contributed by atoms with van der Waals surface area (Å²) in [5.41, 5.74) is 8.13. The molecule has 2 rings (SSSR count). The first kappa shape index (κ1) is 21.3. The third-order valence-electron chi connectivity index (χ3n) is 5.14. The molecule has 0 saturated carbocycles. The number of para-hydroxylation sites is 1. The van der Waals surface area contributed by atoms with Crippen molar-refractivity contribution in [1.82, 2.24) is 0 Å². The van der Waals surface area contributed by atoms with Gasteiger partial charge in [0.05, 0.1) is 20.3 Å². The smallest absolute Gasteiger partial charge is 0.164 e. The molecule has 148 valence electrons. The van der Waals surface area contributed by atoms with Crippen molar-refractivity contribution in [2.45, 2.75) is 51.0 Å². The number of unbranched alkanes of at least 4 members (excludes halogenated alkanes) is 1. The molecule has 2 aromatic rings. The number of hydrogen-bond donors (Lipinski definition) is 2. The fraction of sp³-hybridized carbons (Fsp3) is 0.478. The van der Waals surface area contributed by atoms with Crippen molar-refractivity contribution in [3.8, 4) is 11.5 Å². The van der Waals surface area contributed by atoms with Crippen LogP contribution in [0.15, 0.2) is 48.5 Å². The summed E-state index contributed by atoms with van der Waals surface area (Å²) in [6.07, 6.45) is 5.33. The number of hydrogen-bond acceptors (Lipinski definition) is 4. The first-order valence-corrected chi connectivity index (χ1v) is 9.84. The van der Waals surface area contributed by atoms with E-state index in [1.165, 1.54) is 5.56 Å². The van der Waals surface area contributed by atoms with Crippen LogP contribution in [0.3, 0.4) is 0 Å². The van der Waals surface area contributed by atoms with Gasteiger partial charge in [-0.25, -0.2) is 0 Å². The number of ether oxygens (including phenoxy) is 2. The van der Waals surface area contributed by atoms with E-state index in [4.69, 9.17) is 15.2 Å². The number of nitrogens with two attached hydrogens (primary N) is 1. The van der Waals surface area contributed by atoms with Crippen LogP contribution in [0.1, 0.15) is 43.7 Å². The summed E-state index contributed by atoms with van der Waals surface area (Å²) in [5.74, 6) is 1.55. The normalized spacial score (nSPS) is 13.2. The lowest BCUT2D eigenvalue weighted by Gasteiger charge is -2.26. The minimum atomic E-state index is -0.546. The van der Waals surface area contributed by atoms with E-state index in [-0.39, 0.29) is 6.61 Å². The number of rotatable bonds is 12. The van der Waals surface area contributed by atoms with Crippen LogP contribution in [0, 0.1) is 0 Å². The third-order valence-corrected chi connectivity index (χ3v) is 5.14. The van der Waals surface area contributed by atoms with Crippen LogP contribution >= 0.6 is 0 Å². The molecule has 0 aliphatic heterocycles. The fourth-order valence-electron chi connectivity index (χ4n) is 3.08. The Morgan fingerprint density at radius 3 is 2.44 bits per heavy atom. The SMILES string of the molecule is CCC(N)(CO)CCc1cccc(OC)c1OCCCCc1ccccc1. The number of methoxy groups -OCH3 is 1. The molecule has 0 amide bonds. The monoisotopic (exact) mass is 371 g/mol. The summed E-state index contributed by atoms with van der Waals surface area (Å²) in [4.78, 5) is 0. The summed E-state index contributed by atoms with van der Waals surface area (Å²) < 4.78 is 11.6. The molecule has 0 aromatic heterocycles. The van der Waals surface area contributed by atoms with Gasteiger partial charge in [0.2, 0.25) is 0 Å². The van der Waals surface area contributed by atoms with Gasteiger partial charge in [-0.2, -0.15) is 0 Å².